The van der Waals surface area contributed by atoms with Crippen LogP contribution in [0.1, 0.15) is 23.5 Å². The van der Waals surface area contributed by atoms with Gasteiger partial charge in [-0.25, -0.2) is 0 Å². The number of benzene rings is 1. The van der Waals surface area contributed by atoms with Crippen LogP contribution in [0.5, 0.6) is 0 Å². The number of rotatable bonds is 1. The summed E-state index contributed by atoms with van der Waals surface area (Å²) in [6.07, 6.45) is 0.0405. The van der Waals surface area contributed by atoms with Crippen molar-refractivity contribution in [2.24, 2.45) is 5.10 Å². The van der Waals surface area contributed by atoms with Crippen molar-refractivity contribution in [2.45, 2.75) is 18.5 Å². The molecule has 0 fully saturated rings. The Hall–Kier alpha value is -1.98. The van der Waals surface area contributed by atoms with Gasteiger partial charge in [-0.3, -0.25) is 5.43 Å². The van der Waals surface area contributed by atoms with Gasteiger partial charge in [-0.15, -0.1) is 0 Å². The van der Waals surface area contributed by atoms with E-state index in [0.717, 1.165) is 11.9 Å². The van der Waals surface area contributed by atoms with Crippen molar-refractivity contribution in [3.8, 4) is 0 Å². The molecule has 1 N–H and O–H groups in total. The van der Waals surface area contributed by atoms with Crippen molar-refractivity contribution in [3.63, 3.8) is 0 Å². The van der Waals surface area contributed by atoms with E-state index in [4.69, 9.17) is 0 Å². The maximum atomic E-state index is 12.7. The van der Waals surface area contributed by atoms with Gasteiger partial charge in [0, 0.05) is 12.5 Å². The molecule has 0 aliphatic carbocycles. The number of allylic oxidation sites excluding steroid dienone is 1. The molecule has 3 rings (SSSR count). The van der Waals surface area contributed by atoms with E-state index in [0.29, 0.717) is 18.5 Å². The normalized spacial score (nSPS) is 21.9. The van der Waals surface area contributed by atoms with Gasteiger partial charge in [0.05, 0.1) is 5.56 Å². The van der Waals surface area contributed by atoms with Gasteiger partial charge in [0.15, 0.2) is 0 Å². The average Bonchev–Trinajstić information content (AvgIpc) is 2.85. The molecule has 2 heterocycles. The predicted octanol–water partition coefficient (Wildman–Crippen LogP) is 2.88. The van der Waals surface area contributed by atoms with E-state index in [2.05, 4.69) is 10.5 Å². The standard InChI is InChI=1S/C13H12F3N3/c14-13(15,16)11-3-1-2-9(6-11)10-4-5-12-18-17-8-19(12)7-10/h1-3,5-6,8,10,18H,4,7H2. The van der Waals surface area contributed by atoms with Crippen LogP contribution < -0.4 is 5.43 Å². The minimum atomic E-state index is -4.29. The van der Waals surface area contributed by atoms with Crippen LogP contribution >= 0.6 is 0 Å². The highest BCUT2D eigenvalue weighted by Crippen LogP contribution is 2.33. The second-order valence-corrected chi connectivity index (χ2v) is 4.65. The molecule has 2 aliphatic rings. The van der Waals surface area contributed by atoms with E-state index in [-0.39, 0.29) is 5.92 Å². The lowest BCUT2D eigenvalue weighted by Crippen LogP contribution is -2.30. The van der Waals surface area contributed by atoms with Gasteiger partial charge in [0.1, 0.15) is 12.2 Å². The molecule has 0 amide bonds. The van der Waals surface area contributed by atoms with Crippen molar-refractivity contribution < 1.29 is 13.2 Å². The summed E-state index contributed by atoms with van der Waals surface area (Å²) in [5.74, 6) is 0.959. The monoisotopic (exact) mass is 267 g/mol. The van der Waals surface area contributed by atoms with E-state index < -0.39 is 11.7 Å². The van der Waals surface area contributed by atoms with Crippen molar-refractivity contribution in [2.75, 3.05) is 6.54 Å². The Kier molecular flexibility index (Phi) is 2.73. The Morgan fingerprint density at radius 3 is 2.95 bits per heavy atom. The highest BCUT2D eigenvalue weighted by atomic mass is 19.4. The minimum Gasteiger partial charge on any atom is -0.316 e. The number of hydrogen-bond acceptors (Lipinski definition) is 3. The first kappa shape index (κ1) is 12.1. The molecule has 19 heavy (non-hydrogen) atoms. The maximum Gasteiger partial charge on any atom is 0.416 e. The Labute approximate surface area is 108 Å². The van der Waals surface area contributed by atoms with Gasteiger partial charge in [0.25, 0.3) is 0 Å². The second-order valence-electron chi connectivity index (χ2n) is 4.65. The Balaban J connectivity index is 1.85. The molecular formula is C13H12F3N3. The summed E-state index contributed by atoms with van der Waals surface area (Å²) < 4.78 is 38.1. The SMILES string of the molecule is FC(F)(F)c1cccc(C2CC=C3NN=CN3C2)c1. The van der Waals surface area contributed by atoms with Crippen molar-refractivity contribution in [1.29, 1.82) is 0 Å². The molecule has 0 saturated carbocycles. The predicted molar refractivity (Wildman–Crippen MR) is 65.2 cm³/mol. The summed E-state index contributed by atoms with van der Waals surface area (Å²) in [5.41, 5.74) is 2.97. The zero-order chi connectivity index (χ0) is 13.5. The molecule has 0 bridgehead atoms. The lowest BCUT2D eigenvalue weighted by molar-refractivity contribution is -0.137. The van der Waals surface area contributed by atoms with Crippen LogP contribution in [-0.2, 0) is 6.18 Å². The van der Waals surface area contributed by atoms with Gasteiger partial charge in [0.2, 0.25) is 0 Å². The zero-order valence-electron chi connectivity index (χ0n) is 9.98. The van der Waals surface area contributed by atoms with E-state index in [1.54, 1.807) is 12.4 Å². The summed E-state index contributed by atoms with van der Waals surface area (Å²) in [4.78, 5) is 1.91. The molecule has 1 aromatic rings. The third kappa shape index (κ3) is 2.30. The van der Waals surface area contributed by atoms with Crippen LogP contribution in [0.2, 0.25) is 0 Å². The van der Waals surface area contributed by atoms with Crippen LogP contribution in [-0.4, -0.2) is 17.8 Å². The number of hydrazone groups is 1. The van der Waals surface area contributed by atoms with Gasteiger partial charge in [-0.2, -0.15) is 18.3 Å². The number of nitrogens with zero attached hydrogens (tertiary/aromatic N) is 2. The highest BCUT2D eigenvalue weighted by Gasteiger charge is 2.31. The van der Waals surface area contributed by atoms with E-state index in [1.807, 2.05) is 11.0 Å². The molecule has 2 aliphatic heterocycles. The zero-order valence-corrected chi connectivity index (χ0v) is 9.98. The van der Waals surface area contributed by atoms with Crippen LogP contribution in [0.3, 0.4) is 0 Å². The Bertz CT molecular complexity index is 548. The number of halogens is 3. The number of hydrogen-bond donors (Lipinski definition) is 1. The maximum absolute atomic E-state index is 12.7. The lowest BCUT2D eigenvalue weighted by atomic mass is 9.91. The largest absolute Gasteiger partial charge is 0.416 e. The molecule has 100 valence electrons. The first-order valence-corrected chi connectivity index (χ1v) is 5.97. The van der Waals surface area contributed by atoms with Crippen LogP contribution in [0.4, 0.5) is 13.2 Å². The number of nitrogens with one attached hydrogen (secondary N) is 1. The summed E-state index contributed by atoms with van der Waals surface area (Å²) in [7, 11) is 0. The third-order valence-electron chi connectivity index (χ3n) is 3.38. The molecule has 6 heteroatoms. The van der Waals surface area contributed by atoms with Crippen molar-refractivity contribution in [3.05, 3.63) is 47.3 Å². The first-order chi connectivity index (χ1) is 9.04. The fourth-order valence-electron chi connectivity index (χ4n) is 2.38. The van der Waals surface area contributed by atoms with Crippen molar-refractivity contribution in [1.82, 2.24) is 10.3 Å². The van der Waals surface area contributed by atoms with Gasteiger partial charge >= 0.3 is 6.18 Å². The van der Waals surface area contributed by atoms with Crippen LogP contribution in [0.15, 0.2) is 41.3 Å². The summed E-state index contributed by atoms with van der Waals surface area (Å²) in [6, 6.07) is 5.56. The number of alkyl halides is 3. The molecule has 0 spiro atoms. The molecule has 1 atom stereocenters. The minimum absolute atomic E-state index is 0.0531. The average molecular weight is 267 g/mol. The third-order valence-corrected chi connectivity index (χ3v) is 3.38. The quantitative estimate of drug-likeness (QED) is 0.847. The topological polar surface area (TPSA) is 27.6 Å². The van der Waals surface area contributed by atoms with Gasteiger partial charge in [-0.05, 0) is 24.1 Å². The molecular weight excluding hydrogens is 255 g/mol. The van der Waals surface area contributed by atoms with Crippen LogP contribution in [0, 0.1) is 0 Å². The van der Waals surface area contributed by atoms with E-state index in [1.165, 1.54) is 12.1 Å². The van der Waals surface area contributed by atoms with Gasteiger partial charge < -0.3 is 4.90 Å². The molecule has 3 nitrogen and oxygen atoms in total. The molecule has 1 unspecified atom stereocenters. The lowest BCUT2D eigenvalue weighted by Gasteiger charge is -2.28. The molecule has 0 radical (unpaired) electrons. The number of fused-ring (bicyclic) bond motifs is 1. The van der Waals surface area contributed by atoms with Crippen molar-refractivity contribution >= 4 is 6.34 Å². The second kappa shape index (κ2) is 4.29. The molecule has 0 saturated heterocycles. The summed E-state index contributed by atoms with van der Waals surface area (Å²) in [6.45, 7) is 0.643. The van der Waals surface area contributed by atoms with Crippen LogP contribution in [0.25, 0.3) is 0 Å². The fraction of sp³-hybridized carbons (Fsp3) is 0.308. The highest BCUT2D eigenvalue weighted by molar-refractivity contribution is 5.61. The molecule has 0 aromatic heterocycles. The Morgan fingerprint density at radius 2 is 2.16 bits per heavy atom. The molecule has 1 aromatic carbocycles. The fourth-order valence-corrected chi connectivity index (χ4v) is 2.38. The Morgan fingerprint density at radius 1 is 1.32 bits per heavy atom. The summed E-state index contributed by atoms with van der Waals surface area (Å²) in [5, 5.41) is 3.92. The van der Waals surface area contributed by atoms with E-state index in [9.17, 15) is 13.2 Å². The smallest absolute Gasteiger partial charge is 0.316 e. The van der Waals surface area contributed by atoms with E-state index >= 15 is 0 Å². The summed E-state index contributed by atoms with van der Waals surface area (Å²) >= 11 is 0. The van der Waals surface area contributed by atoms with Gasteiger partial charge in [-0.1, -0.05) is 18.2 Å². The first-order valence-electron chi connectivity index (χ1n) is 5.97.